The van der Waals surface area contributed by atoms with Crippen LogP contribution in [-0.4, -0.2) is 26.0 Å². The average Bonchev–Trinajstić information content (AvgIpc) is 2.92. The van der Waals surface area contributed by atoms with Crippen LogP contribution in [0.5, 0.6) is 0 Å². The quantitative estimate of drug-likeness (QED) is 0.778. The minimum Gasteiger partial charge on any atom is -0.463 e. The summed E-state index contributed by atoms with van der Waals surface area (Å²) >= 11 is 0. The Hall–Kier alpha value is -2.07. The van der Waals surface area contributed by atoms with Gasteiger partial charge >= 0.3 is 0 Å². The second-order valence-electron chi connectivity index (χ2n) is 4.98. The smallest absolute Gasteiger partial charge is 0.275 e. The van der Waals surface area contributed by atoms with Gasteiger partial charge in [0.1, 0.15) is 6.54 Å². The van der Waals surface area contributed by atoms with Crippen molar-refractivity contribution >= 4 is 5.91 Å². The van der Waals surface area contributed by atoms with Gasteiger partial charge in [0.15, 0.2) is 12.3 Å². The van der Waals surface area contributed by atoms with Crippen molar-refractivity contribution in [2.24, 2.45) is 0 Å². The molecule has 0 aliphatic heterocycles. The topological polar surface area (TPSA) is 46.7 Å². The number of hydrogen-bond acceptors (Lipinski definition) is 2. The fourth-order valence-electron chi connectivity index (χ4n) is 2.10. The van der Waals surface area contributed by atoms with Gasteiger partial charge in [0, 0.05) is 6.54 Å². The normalized spacial score (nSPS) is 12.1. The second-order valence-corrected chi connectivity index (χ2v) is 4.98. The molecule has 4 nitrogen and oxygen atoms in total. The maximum Gasteiger partial charge on any atom is 0.275 e. The second kappa shape index (κ2) is 7.50. The van der Waals surface area contributed by atoms with Crippen LogP contribution < -0.4 is 10.2 Å². The molecule has 0 spiro atoms. The number of carbonyl (C=O) groups is 1. The fourth-order valence-corrected chi connectivity index (χ4v) is 2.10. The molecule has 0 saturated carbocycles. The highest BCUT2D eigenvalue weighted by Crippen LogP contribution is 1.98. The summed E-state index contributed by atoms with van der Waals surface area (Å²) in [6.45, 7) is 1.85. The molecule has 2 aromatic rings. The molecule has 1 amide bonds. The summed E-state index contributed by atoms with van der Waals surface area (Å²) in [5, 5.41) is 2.95. The largest absolute Gasteiger partial charge is 0.463 e. The number of carbonyl (C=O) groups excluding carboxylic acids is 1. The average molecular weight is 273 g/mol. The van der Waals surface area contributed by atoms with E-state index in [1.165, 1.54) is 5.56 Å². The van der Waals surface area contributed by atoms with Crippen LogP contribution in [0.1, 0.15) is 11.3 Å². The van der Waals surface area contributed by atoms with Crippen LogP contribution in [-0.2, 0) is 17.8 Å². The van der Waals surface area contributed by atoms with Gasteiger partial charge in [0.2, 0.25) is 0 Å². The first kappa shape index (κ1) is 14.3. The van der Waals surface area contributed by atoms with Crippen LogP contribution in [0.25, 0.3) is 0 Å². The summed E-state index contributed by atoms with van der Waals surface area (Å²) in [4.78, 5) is 12.9. The van der Waals surface area contributed by atoms with Crippen LogP contribution in [0, 0.1) is 0 Å². The predicted molar refractivity (Wildman–Crippen MR) is 77.3 cm³/mol. The molecule has 0 saturated heterocycles. The molecule has 20 heavy (non-hydrogen) atoms. The summed E-state index contributed by atoms with van der Waals surface area (Å²) in [5.74, 6) is 0.976. The number of hydrogen-bond donors (Lipinski definition) is 2. The lowest BCUT2D eigenvalue weighted by atomic mass is 10.1. The van der Waals surface area contributed by atoms with Crippen molar-refractivity contribution in [2.45, 2.75) is 13.0 Å². The molecule has 0 bridgehead atoms. The Morgan fingerprint density at radius 2 is 2.00 bits per heavy atom. The van der Waals surface area contributed by atoms with E-state index >= 15 is 0 Å². The zero-order chi connectivity index (χ0) is 14.2. The third-order valence-corrected chi connectivity index (χ3v) is 3.10. The van der Waals surface area contributed by atoms with Crippen molar-refractivity contribution in [3.63, 3.8) is 0 Å². The van der Waals surface area contributed by atoms with E-state index in [2.05, 4.69) is 17.4 Å². The van der Waals surface area contributed by atoms with E-state index in [0.717, 1.165) is 23.6 Å². The fraction of sp³-hybridized carbons (Fsp3) is 0.312. The number of nitrogens with one attached hydrogen (secondary N) is 2. The standard InChI is InChI=1S/C16H20N2O2/c1-18(12-15-8-5-11-20-15)13-16(19)17-10-9-14-6-3-2-4-7-14/h2-8,11H,9-10,12-13H2,1H3,(H,17,19)/p+1. The molecule has 106 valence electrons. The highest BCUT2D eigenvalue weighted by molar-refractivity contribution is 5.76. The van der Waals surface area contributed by atoms with Gasteiger partial charge in [-0.25, -0.2) is 0 Å². The van der Waals surface area contributed by atoms with Crippen molar-refractivity contribution in [1.29, 1.82) is 0 Å². The molecule has 2 N–H and O–H groups in total. The van der Waals surface area contributed by atoms with Gasteiger partial charge in [-0.2, -0.15) is 0 Å². The Morgan fingerprint density at radius 3 is 2.70 bits per heavy atom. The monoisotopic (exact) mass is 273 g/mol. The SMILES string of the molecule is C[NH+](CC(=O)NCCc1ccccc1)Cc1ccco1. The molecule has 4 heteroatoms. The maximum absolute atomic E-state index is 11.8. The molecule has 1 aromatic carbocycles. The number of quaternary nitrogens is 1. The summed E-state index contributed by atoms with van der Waals surface area (Å²) in [6.07, 6.45) is 2.52. The van der Waals surface area contributed by atoms with Gasteiger partial charge in [0.25, 0.3) is 5.91 Å². The van der Waals surface area contributed by atoms with Crippen LogP contribution in [0.2, 0.25) is 0 Å². The Labute approximate surface area is 119 Å². The van der Waals surface area contributed by atoms with Gasteiger partial charge < -0.3 is 14.6 Å². The van der Waals surface area contributed by atoms with Crippen molar-refractivity contribution in [3.05, 3.63) is 60.1 Å². The number of likely N-dealkylation sites (N-methyl/N-ethyl adjacent to an activating group) is 1. The van der Waals surface area contributed by atoms with E-state index in [4.69, 9.17) is 4.42 Å². The molecule has 0 radical (unpaired) electrons. The lowest BCUT2D eigenvalue weighted by molar-refractivity contribution is -0.886. The first-order valence-corrected chi connectivity index (χ1v) is 6.88. The third kappa shape index (κ3) is 4.90. The van der Waals surface area contributed by atoms with Crippen LogP contribution in [0.4, 0.5) is 0 Å². The zero-order valence-electron chi connectivity index (χ0n) is 11.8. The number of rotatable bonds is 7. The predicted octanol–water partition coefficient (Wildman–Crippen LogP) is 0.653. The van der Waals surface area contributed by atoms with Crippen LogP contribution in [0.3, 0.4) is 0 Å². The summed E-state index contributed by atoms with van der Waals surface area (Å²) in [5.41, 5.74) is 1.24. The Kier molecular flexibility index (Phi) is 5.38. The number of furan rings is 1. The van der Waals surface area contributed by atoms with Gasteiger partial charge in [-0.15, -0.1) is 0 Å². The lowest BCUT2D eigenvalue weighted by Crippen LogP contribution is -3.08. The first-order valence-electron chi connectivity index (χ1n) is 6.88. The van der Waals surface area contributed by atoms with Gasteiger partial charge in [-0.3, -0.25) is 4.79 Å². The van der Waals surface area contributed by atoms with Crippen molar-refractivity contribution in [1.82, 2.24) is 5.32 Å². The van der Waals surface area contributed by atoms with Crippen molar-refractivity contribution in [2.75, 3.05) is 20.1 Å². The maximum atomic E-state index is 11.8. The lowest BCUT2D eigenvalue weighted by Gasteiger charge is -2.12. The van der Waals surface area contributed by atoms with Crippen molar-refractivity contribution < 1.29 is 14.1 Å². The van der Waals surface area contributed by atoms with Crippen LogP contribution >= 0.6 is 0 Å². The minimum atomic E-state index is 0.0741. The van der Waals surface area contributed by atoms with Gasteiger partial charge in [0.05, 0.1) is 13.3 Å². The summed E-state index contributed by atoms with van der Waals surface area (Å²) in [7, 11) is 1.99. The molecule has 1 unspecified atom stereocenters. The van der Waals surface area contributed by atoms with E-state index in [-0.39, 0.29) is 5.91 Å². The summed E-state index contributed by atoms with van der Waals surface area (Å²) in [6, 6.07) is 14.0. The third-order valence-electron chi connectivity index (χ3n) is 3.10. The molecule has 1 heterocycles. The summed E-state index contributed by atoms with van der Waals surface area (Å²) < 4.78 is 5.27. The van der Waals surface area contributed by atoms with Gasteiger partial charge in [-0.05, 0) is 24.1 Å². The first-order chi connectivity index (χ1) is 9.74. The van der Waals surface area contributed by atoms with Crippen molar-refractivity contribution in [3.8, 4) is 0 Å². The highest BCUT2D eigenvalue weighted by Gasteiger charge is 2.11. The van der Waals surface area contributed by atoms with E-state index < -0.39 is 0 Å². The molecule has 1 atom stereocenters. The van der Waals surface area contributed by atoms with Gasteiger partial charge in [-0.1, -0.05) is 30.3 Å². The Morgan fingerprint density at radius 1 is 1.20 bits per heavy atom. The van der Waals surface area contributed by atoms with E-state index in [0.29, 0.717) is 13.1 Å². The van der Waals surface area contributed by atoms with E-state index in [1.807, 2.05) is 37.4 Å². The molecule has 1 aromatic heterocycles. The Bertz CT molecular complexity index is 509. The molecule has 0 aliphatic rings. The molecule has 2 rings (SSSR count). The number of benzene rings is 1. The van der Waals surface area contributed by atoms with E-state index in [9.17, 15) is 4.79 Å². The van der Waals surface area contributed by atoms with Crippen LogP contribution in [0.15, 0.2) is 53.1 Å². The highest BCUT2D eigenvalue weighted by atomic mass is 16.3. The zero-order valence-corrected chi connectivity index (χ0v) is 11.8. The minimum absolute atomic E-state index is 0.0741. The molecule has 0 fully saturated rings. The Balaban J connectivity index is 1.65. The molecular weight excluding hydrogens is 252 g/mol. The molecule has 0 aliphatic carbocycles. The van der Waals surface area contributed by atoms with E-state index in [1.54, 1.807) is 6.26 Å². The number of amides is 1. The molecular formula is C16H21N2O2+.